The monoisotopic (exact) mass is 413 g/mol. The summed E-state index contributed by atoms with van der Waals surface area (Å²) in [5.41, 5.74) is 9.62. The fraction of sp³-hybridized carbons (Fsp3) is 0.167. The summed E-state index contributed by atoms with van der Waals surface area (Å²) in [6.45, 7) is 5.57. The molecule has 156 valence electrons. The minimum Gasteiger partial charge on any atom is -0.399 e. The fourth-order valence-electron chi connectivity index (χ4n) is 2.89. The van der Waals surface area contributed by atoms with Gasteiger partial charge in [0.15, 0.2) is 0 Å². The summed E-state index contributed by atoms with van der Waals surface area (Å²) in [6, 6.07) is 19.3. The number of nitro benzene ring substituents is 1. The van der Waals surface area contributed by atoms with Crippen LogP contribution in [0, 0.1) is 22.0 Å². The van der Waals surface area contributed by atoms with Crippen molar-refractivity contribution in [1.82, 2.24) is 5.01 Å². The SMILES string of the molecule is CCN(CC)N=Nc1ccc(-c2ccc(C#Cc3ccc(N)cc3)cc2[N+](=O)[O-])cc1. The van der Waals surface area contributed by atoms with Gasteiger partial charge >= 0.3 is 0 Å². The molecule has 3 aromatic rings. The van der Waals surface area contributed by atoms with Crippen LogP contribution in [0.1, 0.15) is 25.0 Å². The van der Waals surface area contributed by atoms with Crippen LogP contribution in [0.15, 0.2) is 77.1 Å². The predicted molar refractivity (Wildman–Crippen MR) is 123 cm³/mol. The lowest BCUT2D eigenvalue weighted by molar-refractivity contribution is -0.384. The molecule has 0 spiro atoms. The van der Waals surface area contributed by atoms with E-state index in [1.54, 1.807) is 48.5 Å². The highest BCUT2D eigenvalue weighted by molar-refractivity contribution is 5.75. The first kappa shape index (κ1) is 21.5. The van der Waals surface area contributed by atoms with Crippen LogP contribution in [0.25, 0.3) is 11.1 Å². The van der Waals surface area contributed by atoms with E-state index in [1.807, 2.05) is 31.0 Å². The van der Waals surface area contributed by atoms with Crippen molar-refractivity contribution in [3.05, 3.63) is 88.0 Å². The molecule has 3 rings (SSSR count). The summed E-state index contributed by atoms with van der Waals surface area (Å²) >= 11 is 0. The molecular weight excluding hydrogens is 390 g/mol. The zero-order valence-electron chi connectivity index (χ0n) is 17.4. The Kier molecular flexibility index (Phi) is 6.97. The van der Waals surface area contributed by atoms with Gasteiger partial charge in [-0.1, -0.05) is 29.2 Å². The molecule has 7 heteroatoms. The van der Waals surface area contributed by atoms with Crippen LogP contribution in [0.2, 0.25) is 0 Å². The van der Waals surface area contributed by atoms with Crippen molar-refractivity contribution in [2.45, 2.75) is 13.8 Å². The third-order valence-corrected chi connectivity index (χ3v) is 4.65. The Balaban J connectivity index is 1.86. The zero-order valence-corrected chi connectivity index (χ0v) is 17.4. The molecule has 3 aromatic carbocycles. The maximum atomic E-state index is 11.7. The fourth-order valence-corrected chi connectivity index (χ4v) is 2.89. The van der Waals surface area contributed by atoms with Gasteiger partial charge in [-0.15, -0.1) is 5.11 Å². The number of nitrogens with two attached hydrogens (primary N) is 1. The van der Waals surface area contributed by atoms with Crippen molar-refractivity contribution < 1.29 is 4.92 Å². The molecule has 0 unspecified atom stereocenters. The zero-order chi connectivity index (χ0) is 22.2. The van der Waals surface area contributed by atoms with Gasteiger partial charge in [0, 0.05) is 36.0 Å². The van der Waals surface area contributed by atoms with Crippen LogP contribution < -0.4 is 5.73 Å². The summed E-state index contributed by atoms with van der Waals surface area (Å²) in [4.78, 5) is 11.3. The Labute approximate surface area is 181 Å². The van der Waals surface area contributed by atoms with E-state index in [0.717, 1.165) is 24.2 Å². The van der Waals surface area contributed by atoms with Gasteiger partial charge in [0.1, 0.15) is 0 Å². The number of nitrogen functional groups attached to an aromatic ring is 1. The Morgan fingerprint density at radius 3 is 2.16 bits per heavy atom. The number of hydrogen-bond donors (Lipinski definition) is 1. The van der Waals surface area contributed by atoms with Gasteiger partial charge in [0.2, 0.25) is 0 Å². The number of rotatable bonds is 6. The molecule has 7 nitrogen and oxygen atoms in total. The lowest BCUT2D eigenvalue weighted by Gasteiger charge is -2.11. The standard InChI is InChI=1S/C24H23N5O2/c1-3-28(4-2)27-26-22-14-10-20(11-15-22)23-16-9-19(17-24(23)29(30)31)6-5-18-7-12-21(25)13-8-18/h7-17H,3-4,25H2,1-2H3. The average Bonchev–Trinajstić information content (AvgIpc) is 2.79. The van der Waals surface area contributed by atoms with Crippen molar-refractivity contribution in [3.8, 4) is 23.0 Å². The van der Waals surface area contributed by atoms with Gasteiger partial charge in [0.05, 0.1) is 16.2 Å². The van der Waals surface area contributed by atoms with E-state index in [-0.39, 0.29) is 5.69 Å². The Bertz CT molecular complexity index is 1140. The van der Waals surface area contributed by atoms with Crippen molar-refractivity contribution in [3.63, 3.8) is 0 Å². The van der Waals surface area contributed by atoms with E-state index >= 15 is 0 Å². The lowest BCUT2D eigenvalue weighted by Crippen LogP contribution is -2.14. The lowest BCUT2D eigenvalue weighted by atomic mass is 10.0. The Morgan fingerprint density at radius 2 is 1.55 bits per heavy atom. The highest BCUT2D eigenvalue weighted by atomic mass is 16.6. The van der Waals surface area contributed by atoms with Gasteiger partial charge < -0.3 is 5.73 Å². The van der Waals surface area contributed by atoms with Gasteiger partial charge in [-0.3, -0.25) is 15.1 Å². The molecule has 0 aliphatic rings. The summed E-state index contributed by atoms with van der Waals surface area (Å²) < 4.78 is 0. The van der Waals surface area contributed by atoms with Crippen LogP contribution in [0.4, 0.5) is 17.1 Å². The van der Waals surface area contributed by atoms with E-state index in [1.165, 1.54) is 6.07 Å². The summed E-state index contributed by atoms with van der Waals surface area (Å²) in [6.07, 6.45) is 0. The molecule has 0 saturated heterocycles. The molecule has 0 aliphatic carbocycles. The first-order valence-corrected chi connectivity index (χ1v) is 9.93. The topological polar surface area (TPSA) is 97.1 Å². The van der Waals surface area contributed by atoms with E-state index in [4.69, 9.17) is 5.73 Å². The Hall–Kier alpha value is -4.18. The minimum absolute atomic E-state index is 0.00150. The van der Waals surface area contributed by atoms with Crippen LogP contribution >= 0.6 is 0 Å². The molecule has 0 amide bonds. The maximum absolute atomic E-state index is 11.7. The number of nitro groups is 1. The number of anilines is 1. The molecule has 0 fully saturated rings. The second-order valence-electron chi connectivity index (χ2n) is 6.74. The highest BCUT2D eigenvalue weighted by Gasteiger charge is 2.16. The van der Waals surface area contributed by atoms with Crippen LogP contribution in [0.3, 0.4) is 0 Å². The van der Waals surface area contributed by atoms with Gasteiger partial charge in [0.25, 0.3) is 5.69 Å². The van der Waals surface area contributed by atoms with E-state index in [0.29, 0.717) is 22.5 Å². The normalized spacial score (nSPS) is 10.5. The van der Waals surface area contributed by atoms with Crippen molar-refractivity contribution in [2.75, 3.05) is 18.8 Å². The molecule has 2 N–H and O–H groups in total. The minimum atomic E-state index is -0.391. The second-order valence-corrected chi connectivity index (χ2v) is 6.74. The number of nitrogens with zero attached hydrogens (tertiary/aromatic N) is 4. The van der Waals surface area contributed by atoms with E-state index in [2.05, 4.69) is 22.2 Å². The molecule has 31 heavy (non-hydrogen) atoms. The highest BCUT2D eigenvalue weighted by Crippen LogP contribution is 2.32. The molecule has 0 radical (unpaired) electrons. The smallest absolute Gasteiger partial charge is 0.278 e. The summed E-state index contributed by atoms with van der Waals surface area (Å²) in [7, 11) is 0. The summed E-state index contributed by atoms with van der Waals surface area (Å²) in [5, 5.41) is 21.9. The van der Waals surface area contributed by atoms with Gasteiger partial charge in [-0.25, -0.2) is 0 Å². The average molecular weight is 413 g/mol. The molecule has 0 aliphatic heterocycles. The van der Waals surface area contributed by atoms with Crippen molar-refractivity contribution >= 4 is 17.1 Å². The Morgan fingerprint density at radius 1 is 0.935 bits per heavy atom. The molecular formula is C24H23N5O2. The van der Waals surface area contributed by atoms with Gasteiger partial charge in [-0.05, 0) is 67.9 Å². The molecule has 0 saturated carbocycles. The molecule has 0 aromatic heterocycles. The van der Waals surface area contributed by atoms with Crippen LogP contribution in [0.5, 0.6) is 0 Å². The molecule has 0 bridgehead atoms. The predicted octanol–water partition coefficient (Wildman–Crippen LogP) is 5.58. The maximum Gasteiger partial charge on any atom is 0.278 e. The van der Waals surface area contributed by atoms with Crippen LogP contribution in [-0.2, 0) is 0 Å². The molecule has 0 atom stereocenters. The second kappa shape index (κ2) is 10.0. The van der Waals surface area contributed by atoms with Gasteiger partial charge in [-0.2, -0.15) is 0 Å². The quantitative estimate of drug-likeness (QED) is 0.187. The van der Waals surface area contributed by atoms with Crippen molar-refractivity contribution in [1.29, 1.82) is 0 Å². The summed E-state index contributed by atoms with van der Waals surface area (Å²) in [5.74, 6) is 5.97. The number of hydrogen-bond acceptors (Lipinski definition) is 5. The largest absolute Gasteiger partial charge is 0.399 e. The van der Waals surface area contributed by atoms with Crippen LogP contribution in [-0.4, -0.2) is 23.0 Å². The number of benzene rings is 3. The molecule has 0 heterocycles. The first-order chi connectivity index (χ1) is 15.0. The third kappa shape index (κ3) is 5.67. The first-order valence-electron chi connectivity index (χ1n) is 9.93. The van der Waals surface area contributed by atoms with E-state index < -0.39 is 4.92 Å². The van der Waals surface area contributed by atoms with Crippen molar-refractivity contribution in [2.24, 2.45) is 10.3 Å². The third-order valence-electron chi connectivity index (χ3n) is 4.65. The van der Waals surface area contributed by atoms with E-state index in [9.17, 15) is 10.1 Å².